The van der Waals surface area contributed by atoms with E-state index in [-0.39, 0.29) is 28.5 Å². The van der Waals surface area contributed by atoms with Crippen LogP contribution in [0.4, 0.5) is 4.39 Å². The Balaban J connectivity index is 1.37. The quantitative estimate of drug-likeness (QED) is 0.508. The van der Waals surface area contributed by atoms with Gasteiger partial charge in [-0.15, -0.1) is 11.3 Å². The smallest absolute Gasteiger partial charge is 0.273 e. The molecule has 1 aromatic heterocycles. The van der Waals surface area contributed by atoms with Gasteiger partial charge in [-0.3, -0.25) is 9.59 Å². The number of hydrogen-bond donors (Lipinski definition) is 0. The van der Waals surface area contributed by atoms with Crippen molar-refractivity contribution in [3.05, 3.63) is 69.9 Å². The molecule has 0 saturated carbocycles. The van der Waals surface area contributed by atoms with Crippen LogP contribution in [-0.2, 0) is 0 Å². The molecule has 2 heterocycles. The van der Waals surface area contributed by atoms with E-state index in [0.717, 1.165) is 22.4 Å². The van der Waals surface area contributed by atoms with Gasteiger partial charge in [0, 0.05) is 37.1 Å². The second kappa shape index (κ2) is 9.89. The predicted molar refractivity (Wildman–Crippen MR) is 127 cm³/mol. The minimum absolute atomic E-state index is 0.0808. The van der Waals surface area contributed by atoms with Crippen LogP contribution < -0.4 is 4.74 Å². The number of halogens is 2. The van der Waals surface area contributed by atoms with Gasteiger partial charge in [0.2, 0.25) is 0 Å². The summed E-state index contributed by atoms with van der Waals surface area (Å²) in [5.41, 5.74) is 1.56. The van der Waals surface area contributed by atoms with E-state index in [2.05, 4.69) is 4.98 Å². The van der Waals surface area contributed by atoms with E-state index in [1.54, 1.807) is 15.2 Å². The number of nitrogens with zero attached hydrogens (tertiary/aromatic N) is 3. The fraction of sp³-hybridized carbons (Fsp3) is 0.292. The predicted octanol–water partition coefficient (Wildman–Crippen LogP) is 4.99. The van der Waals surface area contributed by atoms with Crippen LogP contribution in [-0.4, -0.2) is 58.9 Å². The van der Waals surface area contributed by atoms with Gasteiger partial charge in [-0.05, 0) is 56.3 Å². The number of amides is 2. The molecule has 0 N–H and O–H groups in total. The van der Waals surface area contributed by atoms with Crippen LogP contribution in [0.5, 0.6) is 5.75 Å². The first-order valence-electron chi connectivity index (χ1n) is 10.6. The zero-order valence-electron chi connectivity index (χ0n) is 18.3. The molecule has 2 aromatic carbocycles. The summed E-state index contributed by atoms with van der Waals surface area (Å²) in [7, 11) is 0. The van der Waals surface area contributed by atoms with Crippen molar-refractivity contribution in [3.63, 3.8) is 0 Å². The van der Waals surface area contributed by atoms with Gasteiger partial charge in [0.15, 0.2) is 0 Å². The van der Waals surface area contributed by atoms with Gasteiger partial charge in [0.25, 0.3) is 11.8 Å². The van der Waals surface area contributed by atoms with Crippen LogP contribution in [0.3, 0.4) is 0 Å². The number of carbonyl (C=O) groups excluding carboxylic acids is 2. The molecule has 6 nitrogen and oxygen atoms in total. The zero-order chi connectivity index (χ0) is 23.5. The van der Waals surface area contributed by atoms with Crippen LogP contribution in [0.15, 0.2) is 47.8 Å². The van der Waals surface area contributed by atoms with E-state index < -0.39 is 5.82 Å². The summed E-state index contributed by atoms with van der Waals surface area (Å²) in [6, 6.07) is 11.4. The Morgan fingerprint density at radius 2 is 1.67 bits per heavy atom. The maximum absolute atomic E-state index is 13.3. The van der Waals surface area contributed by atoms with Crippen LogP contribution >= 0.6 is 22.9 Å². The lowest BCUT2D eigenvalue weighted by Crippen LogP contribution is -2.50. The minimum atomic E-state index is -0.491. The molecule has 0 spiro atoms. The van der Waals surface area contributed by atoms with E-state index in [9.17, 15) is 14.0 Å². The van der Waals surface area contributed by atoms with E-state index in [0.29, 0.717) is 31.9 Å². The van der Waals surface area contributed by atoms with Crippen molar-refractivity contribution in [2.24, 2.45) is 0 Å². The normalized spacial score (nSPS) is 14.0. The Labute approximate surface area is 200 Å². The van der Waals surface area contributed by atoms with E-state index >= 15 is 0 Å². The molecule has 1 saturated heterocycles. The topological polar surface area (TPSA) is 62.7 Å². The van der Waals surface area contributed by atoms with Crippen molar-refractivity contribution < 1.29 is 18.7 Å². The third-order valence-electron chi connectivity index (χ3n) is 5.21. The van der Waals surface area contributed by atoms with E-state index in [1.807, 2.05) is 38.1 Å². The molecule has 0 radical (unpaired) electrons. The molecule has 1 aliphatic rings. The van der Waals surface area contributed by atoms with Gasteiger partial charge in [0.1, 0.15) is 22.3 Å². The number of rotatable bonds is 5. The van der Waals surface area contributed by atoms with Crippen LogP contribution in [0.2, 0.25) is 5.02 Å². The summed E-state index contributed by atoms with van der Waals surface area (Å²) < 4.78 is 18.9. The van der Waals surface area contributed by atoms with Gasteiger partial charge >= 0.3 is 0 Å². The highest BCUT2D eigenvalue weighted by atomic mass is 35.5. The van der Waals surface area contributed by atoms with Gasteiger partial charge in [-0.1, -0.05) is 11.6 Å². The zero-order valence-corrected chi connectivity index (χ0v) is 19.8. The van der Waals surface area contributed by atoms with Crippen LogP contribution in [0.25, 0.3) is 10.6 Å². The fourth-order valence-electron chi connectivity index (χ4n) is 3.56. The third-order valence-corrected chi connectivity index (χ3v) is 6.42. The second-order valence-corrected chi connectivity index (χ2v) is 9.20. The summed E-state index contributed by atoms with van der Waals surface area (Å²) in [4.78, 5) is 33.5. The van der Waals surface area contributed by atoms with Crippen molar-refractivity contribution in [3.8, 4) is 16.3 Å². The Kier molecular flexibility index (Phi) is 6.95. The Bertz CT molecular complexity index is 1160. The number of hydrogen-bond acceptors (Lipinski definition) is 5. The summed E-state index contributed by atoms with van der Waals surface area (Å²) in [6.45, 7) is 5.45. The molecule has 1 fully saturated rings. The van der Waals surface area contributed by atoms with Crippen molar-refractivity contribution in [2.75, 3.05) is 26.2 Å². The van der Waals surface area contributed by atoms with E-state index in [4.69, 9.17) is 16.3 Å². The molecule has 33 heavy (non-hydrogen) atoms. The standard InChI is InChI=1S/C24H23ClFN3O3S/c1-15(2)32-18-6-3-16(4-7-18)22-27-21(14-33-22)24(31)29-11-9-28(10-12-29)23(30)19-8-5-17(26)13-20(19)25/h3-8,13-15H,9-12H2,1-2H3. The fourth-order valence-corrected chi connectivity index (χ4v) is 4.61. The van der Waals surface area contributed by atoms with Crippen LogP contribution in [0.1, 0.15) is 34.7 Å². The highest BCUT2D eigenvalue weighted by molar-refractivity contribution is 7.13. The Hall–Kier alpha value is -2.97. The van der Waals surface area contributed by atoms with E-state index in [1.165, 1.54) is 23.5 Å². The number of thiazole rings is 1. The minimum Gasteiger partial charge on any atom is -0.491 e. The number of ether oxygens (including phenoxy) is 1. The maximum Gasteiger partial charge on any atom is 0.273 e. The molecule has 4 rings (SSSR count). The molecular weight excluding hydrogens is 465 g/mol. The Morgan fingerprint density at radius 1 is 1.03 bits per heavy atom. The SMILES string of the molecule is CC(C)Oc1ccc(-c2nc(C(=O)N3CCN(C(=O)c4ccc(F)cc4Cl)CC3)cs2)cc1. The van der Waals surface area contributed by atoms with Gasteiger partial charge < -0.3 is 14.5 Å². The average molecular weight is 488 g/mol. The molecule has 1 aliphatic heterocycles. The molecule has 0 unspecified atom stereocenters. The number of piperazine rings is 1. The Morgan fingerprint density at radius 3 is 2.27 bits per heavy atom. The number of carbonyl (C=O) groups is 2. The lowest BCUT2D eigenvalue weighted by molar-refractivity contribution is 0.0533. The monoisotopic (exact) mass is 487 g/mol. The van der Waals surface area contributed by atoms with Gasteiger partial charge in [0.05, 0.1) is 16.7 Å². The number of aromatic nitrogens is 1. The van der Waals surface area contributed by atoms with Gasteiger partial charge in [-0.2, -0.15) is 0 Å². The molecule has 0 bridgehead atoms. The first kappa shape index (κ1) is 23.2. The number of benzene rings is 2. The van der Waals surface area contributed by atoms with Crippen molar-refractivity contribution in [2.45, 2.75) is 20.0 Å². The first-order chi connectivity index (χ1) is 15.8. The summed E-state index contributed by atoms with van der Waals surface area (Å²) in [6.07, 6.45) is 0.100. The lowest BCUT2D eigenvalue weighted by Gasteiger charge is -2.34. The average Bonchev–Trinajstić information content (AvgIpc) is 3.29. The summed E-state index contributed by atoms with van der Waals surface area (Å²) in [5.74, 6) is -0.137. The highest BCUT2D eigenvalue weighted by Crippen LogP contribution is 2.27. The largest absolute Gasteiger partial charge is 0.491 e. The molecule has 9 heteroatoms. The van der Waals surface area contributed by atoms with Gasteiger partial charge in [-0.25, -0.2) is 9.37 Å². The highest BCUT2D eigenvalue weighted by Gasteiger charge is 2.27. The lowest BCUT2D eigenvalue weighted by atomic mass is 10.1. The molecular formula is C24H23ClFN3O3S. The summed E-state index contributed by atoms with van der Waals surface area (Å²) in [5, 5.41) is 2.60. The first-order valence-corrected chi connectivity index (χ1v) is 11.8. The molecule has 2 amide bonds. The van der Waals surface area contributed by atoms with Crippen molar-refractivity contribution >= 4 is 34.8 Å². The molecule has 0 aliphatic carbocycles. The second-order valence-electron chi connectivity index (χ2n) is 7.94. The molecule has 172 valence electrons. The molecule has 3 aromatic rings. The maximum atomic E-state index is 13.3. The van der Waals surface area contributed by atoms with Crippen molar-refractivity contribution in [1.82, 2.24) is 14.8 Å². The molecule has 0 atom stereocenters. The van der Waals surface area contributed by atoms with Crippen LogP contribution in [0, 0.1) is 5.82 Å². The summed E-state index contributed by atoms with van der Waals surface area (Å²) >= 11 is 7.43. The third kappa shape index (κ3) is 5.34. The van der Waals surface area contributed by atoms with Crippen molar-refractivity contribution in [1.29, 1.82) is 0 Å².